The summed E-state index contributed by atoms with van der Waals surface area (Å²) in [5.74, 6) is 0.831. The number of aryl methyl sites for hydroxylation is 1. The summed E-state index contributed by atoms with van der Waals surface area (Å²) >= 11 is 4.55. The van der Waals surface area contributed by atoms with Gasteiger partial charge in [-0.15, -0.1) is 0 Å². The number of para-hydroxylation sites is 1. The minimum absolute atomic E-state index is 0.831. The normalized spacial score (nSPS) is 8.90. The summed E-state index contributed by atoms with van der Waals surface area (Å²) in [6.07, 6.45) is 0. The van der Waals surface area contributed by atoms with E-state index in [4.69, 9.17) is 4.74 Å². The summed E-state index contributed by atoms with van der Waals surface area (Å²) in [6, 6.07) is 7.75. The summed E-state index contributed by atoms with van der Waals surface area (Å²) in [6.45, 7) is 1.98. The van der Waals surface area contributed by atoms with E-state index in [1.165, 1.54) is 5.55 Å². The van der Waals surface area contributed by atoms with Crippen molar-refractivity contribution in [2.45, 2.75) is 6.92 Å². The van der Waals surface area contributed by atoms with Gasteiger partial charge >= 0.3 is 0 Å². The van der Waals surface area contributed by atoms with E-state index in [0.717, 1.165) is 11.3 Å². The second-order valence-electron chi connectivity index (χ2n) is 1.98. The van der Waals surface area contributed by atoms with Crippen molar-refractivity contribution in [1.29, 1.82) is 0 Å². The molecule has 0 aliphatic heterocycles. The Bertz CT molecular complexity index is 232. The Labute approximate surface area is 65.6 Å². The summed E-state index contributed by atoms with van der Waals surface area (Å²) in [7, 11) is 0. The molecule has 1 nitrogen and oxygen atoms in total. The zero-order valence-corrected chi connectivity index (χ0v) is 6.52. The average Bonchev–Trinajstić information content (AvgIpc) is 1.94. The van der Waals surface area contributed by atoms with Crippen LogP contribution < -0.4 is 4.74 Å². The molecule has 0 aromatic heterocycles. The standard InChI is InChI=1S/C8H8OS/c1-7-4-2-3-5-8(7)9-6-10/h2-6H,1H3. The van der Waals surface area contributed by atoms with E-state index in [9.17, 15) is 0 Å². The third kappa shape index (κ3) is 1.54. The molecular formula is C8H8OS. The third-order valence-corrected chi connectivity index (χ3v) is 1.36. The van der Waals surface area contributed by atoms with Crippen LogP contribution in [0.4, 0.5) is 0 Å². The van der Waals surface area contributed by atoms with Gasteiger partial charge in [0.15, 0.2) is 5.55 Å². The molecule has 0 aliphatic rings. The highest BCUT2D eigenvalue weighted by molar-refractivity contribution is 7.78. The number of hydrogen-bond donors (Lipinski definition) is 0. The van der Waals surface area contributed by atoms with Gasteiger partial charge < -0.3 is 4.74 Å². The minimum atomic E-state index is 0.831. The van der Waals surface area contributed by atoms with Crippen molar-refractivity contribution in [3.63, 3.8) is 0 Å². The number of benzene rings is 1. The van der Waals surface area contributed by atoms with Crippen molar-refractivity contribution in [3.8, 4) is 5.75 Å². The van der Waals surface area contributed by atoms with Gasteiger partial charge in [0.05, 0.1) is 0 Å². The molecule has 0 saturated heterocycles. The van der Waals surface area contributed by atoms with Crippen LogP contribution >= 0.6 is 12.2 Å². The first-order chi connectivity index (χ1) is 4.84. The Morgan fingerprint density at radius 3 is 2.70 bits per heavy atom. The second kappa shape index (κ2) is 3.32. The molecular weight excluding hydrogens is 144 g/mol. The van der Waals surface area contributed by atoms with Crippen molar-refractivity contribution in [2.75, 3.05) is 0 Å². The van der Waals surface area contributed by atoms with E-state index in [1.807, 2.05) is 31.2 Å². The van der Waals surface area contributed by atoms with E-state index < -0.39 is 0 Å². The molecule has 10 heavy (non-hydrogen) atoms. The highest BCUT2D eigenvalue weighted by atomic mass is 32.1. The second-order valence-corrected chi connectivity index (χ2v) is 2.17. The molecule has 2 heteroatoms. The van der Waals surface area contributed by atoms with E-state index in [1.54, 1.807) is 0 Å². The fourth-order valence-corrected chi connectivity index (χ4v) is 0.844. The van der Waals surface area contributed by atoms with Gasteiger partial charge in [0.1, 0.15) is 5.75 Å². The van der Waals surface area contributed by atoms with Crippen LogP contribution in [-0.2, 0) is 0 Å². The quantitative estimate of drug-likeness (QED) is 0.601. The first-order valence-electron chi connectivity index (χ1n) is 3.00. The van der Waals surface area contributed by atoms with Crippen LogP contribution in [-0.4, -0.2) is 5.55 Å². The average molecular weight is 152 g/mol. The maximum Gasteiger partial charge on any atom is 0.154 e. The van der Waals surface area contributed by atoms with Gasteiger partial charge in [-0.3, -0.25) is 0 Å². The van der Waals surface area contributed by atoms with Crippen molar-refractivity contribution >= 4 is 17.8 Å². The Hall–Kier alpha value is -0.890. The monoisotopic (exact) mass is 152 g/mol. The summed E-state index contributed by atoms with van der Waals surface area (Å²) in [4.78, 5) is 0. The minimum Gasteiger partial charge on any atom is -0.453 e. The Morgan fingerprint density at radius 2 is 2.10 bits per heavy atom. The predicted octanol–water partition coefficient (Wildman–Crippen LogP) is 2.33. The number of thiocarbonyl (C=S) groups is 1. The van der Waals surface area contributed by atoms with Crippen molar-refractivity contribution in [3.05, 3.63) is 29.8 Å². The van der Waals surface area contributed by atoms with Crippen LogP contribution in [0.25, 0.3) is 0 Å². The topological polar surface area (TPSA) is 9.23 Å². The highest BCUT2D eigenvalue weighted by Crippen LogP contribution is 2.14. The van der Waals surface area contributed by atoms with Crippen LogP contribution in [0.15, 0.2) is 24.3 Å². The van der Waals surface area contributed by atoms with Gasteiger partial charge in [-0.2, -0.15) is 0 Å². The maximum atomic E-state index is 5.03. The summed E-state index contributed by atoms with van der Waals surface area (Å²) in [5.41, 5.74) is 2.37. The first-order valence-corrected chi connectivity index (χ1v) is 3.47. The molecule has 1 aromatic carbocycles. The zero-order valence-electron chi connectivity index (χ0n) is 5.70. The van der Waals surface area contributed by atoms with Crippen LogP contribution in [0.2, 0.25) is 0 Å². The predicted molar refractivity (Wildman–Crippen MR) is 45.5 cm³/mol. The smallest absolute Gasteiger partial charge is 0.154 e. The first kappa shape index (κ1) is 7.22. The Morgan fingerprint density at radius 1 is 1.40 bits per heavy atom. The fraction of sp³-hybridized carbons (Fsp3) is 0.125. The lowest BCUT2D eigenvalue weighted by Crippen LogP contribution is -1.88. The van der Waals surface area contributed by atoms with Gasteiger partial charge in [-0.1, -0.05) is 18.2 Å². The van der Waals surface area contributed by atoms with Crippen molar-refractivity contribution < 1.29 is 4.74 Å². The van der Waals surface area contributed by atoms with Gasteiger partial charge in [-0.05, 0) is 30.8 Å². The number of ether oxygens (including phenoxy) is 1. The summed E-state index contributed by atoms with van der Waals surface area (Å²) < 4.78 is 5.03. The zero-order chi connectivity index (χ0) is 7.40. The largest absolute Gasteiger partial charge is 0.453 e. The molecule has 0 spiro atoms. The van der Waals surface area contributed by atoms with E-state index in [0.29, 0.717) is 0 Å². The third-order valence-electron chi connectivity index (χ3n) is 1.27. The molecule has 0 atom stereocenters. The maximum absolute atomic E-state index is 5.03. The van der Waals surface area contributed by atoms with E-state index >= 15 is 0 Å². The fourth-order valence-electron chi connectivity index (χ4n) is 0.740. The van der Waals surface area contributed by atoms with Gasteiger partial charge in [0.2, 0.25) is 0 Å². The lowest BCUT2D eigenvalue weighted by Gasteiger charge is -2.00. The van der Waals surface area contributed by atoms with Crippen LogP contribution in [0.1, 0.15) is 5.56 Å². The molecule has 1 aromatic rings. The molecule has 0 saturated carbocycles. The van der Waals surface area contributed by atoms with Crippen LogP contribution in [0.5, 0.6) is 5.75 Å². The molecule has 1 rings (SSSR count). The molecule has 0 N–H and O–H groups in total. The molecule has 0 aliphatic carbocycles. The van der Waals surface area contributed by atoms with Crippen LogP contribution in [0, 0.1) is 6.92 Å². The molecule has 0 bridgehead atoms. The summed E-state index contributed by atoms with van der Waals surface area (Å²) in [5, 5.41) is 0. The number of rotatable bonds is 2. The Kier molecular flexibility index (Phi) is 2.40. The molecule has 0 heterocycles. The lowest BCUT2D eigenvalue weighted by molar-refractivity contribution is 0.581. The molecule has 0 fully saturated rings. The molecule has 0 unspecified atom stereocenters. The van der Waals surface area contributed by atoms with Crippen LogP contribution in [0.3, 0.4) is 0 Å². The number of hydrogen-bond acceptors (Lipinski definition) is 2. The van der Waals surface area contributed by atoms with Gasteiger partial charge in [-0.25, -0.2) is 0 Å². The SMILES string of the molecule is Cc1ccccc1OC=S. The van der Waals surface area contributed by atoms with E-state index in [-0.39, 0.29) is 0 Å². The lowest BCUT2D eigenvalue weighted by atomic mass is 10.2. The van der Waals surface area contributed by atoms with E-state index in [2.05, 4.69) is 12.2 Å². The molecule has 0 amide bonds. The molecule has 52 valence electrons. The van der Waals surface area contributed by atoms with Crippen molar-refractivity contribution in [2.24, 2.45) is 0 Å². The Balaban J connectivity index is 2.91. The van der Waals surface area contributed by atoms with Gasteiger partial charge in [0, 0.05) is 0 Å². The molecule has 0 radical (unpaired) electrons. The highest BCUT2D eigenvalue weighted by Gasteiger charge is 1.92. The van der Waals surface area contributed by atoms with Gasteiger partial charge in [0.25, 0.3) is 0 Å². The van der Waals surface area contributed by atoms with Crippen molar-refractivity contribution in [1.82, 2.24) is 0 Å².